The van der Waals surface area contributed by atoms with Crippen LogP contribution in [-0.2, 0) is 0 Å². The Morgan fingerprint density at radius 3 is 2.64 bits per heavy atom. The number of methoxy groups -OCH3 is 2. The number of aromatic nitrogens is 1. The summed E-state index contributed by atoms with van der Waals surface area (Å²) in [5.74, 6) is 1.33. The predicted molar refractivity (Wildman–Crippen MR) is 85.2 cm³/mol. The van der Waals surface area contributed by atoms with Crippen LogP contribution in [0.3, 0.4) is 0 Å². The van der Waals surface area contributed by atoms with Crippen molar-refractivity contribution in [3.8, 4) is 11.5 Å². The van der Waals surface area contributed by atoms with Crippen LogP contribution in [0.2, 0.25) is 0 Å². The molecule has 2 aromatic rings. The van der Waals surface area contributed by atoms with E-state index < -0.39 is 6.10 Å². The van der Waals surface area contributed by atoms with Gasteiger partial charge in [-0.2, -0.15) is 0 Å². The van der Waals surface area contributed by atoms with Crippen molar-refractivity contribution in [3.63, 3.8) is 0 Å². The van der Waals surface area contributed by atoms with Gasteiger partial charge in [0.15, 0.2) is 0 Å². The highest BCUT2D eigenvalue weighted by molar-refractivity contribution is 5.41. The molecule has 2 rings (SSSR count). The molecule has 0 aliphatic heterocycles. The maximum atomic E-state index is 10.4. The molecule has 5 nitrogen and oxygen atoms in total. The standard InChI is InChI=1S/C17H22N2O3/c1-12(15-6-4-5-9-18-15)19-11-16(20)14-10-13(21-2)7-8-17(14)22-3/h4-10,12,16,19-20H,11H2,1-3H3. The number of benzene rings is 1. The number of rotatable bonds is 7. The van der Waals surface area contributed by atoms with E-state index in [4.69, 9.17) is 9.47 Å². The summed E-state index contributed by atoms with van der Waals surface area (Å²) in [7, 11) is 3.18. The third-order valence-corrected chi connectivity index (χ3v) is 3.54. The molecule has 2 N–H and O–H groups in total. The first-order valence-electron chi connectivity index (χ1n) is 7.20. The van der Waals surface area contributed by atoms with E-state index in [0.29, 0.717) is 23.6 Å². The molecule has 0 amide bonds. The van der Waals surface area contributed by atoms with Crippen molar-refractivity contribution in [2.45, 2.75) is 19.1 Å². The molecule has 1 heterocycles. The lowest BCUT2D eigenvalue weighted by Gasteiger charge is -2.19. The van der Waals surface area contributed by atoms with Crippen molar-refractivity contribution in [1.82, 2.24) is 10.3 Å². The summed E-state index contributed by atoms with van der Waals surface area (Å²) < 4.78 is 10.5. The highest BCUT2D eigenvalue weighted by atomic mass is 16.5. The molecular formula is C17H22N2O3. The first-order chi connectivity index (χ1) is 10.7. The highest BCUT2D eigenvalue weighted by Gasteiger charge is 2.16. The number of hydrogen-bond donors (Lipinski definition) is 2. The zero-order valence-electron chi connectivity index (χ0n) is 13.1. The van der Waals surface area contributed by atoms with E-state index in [1.807, 2.05) is 25.1 Å². The molecule has 2 unspecified atom stereocenters. The topological polar surface area (TPSA) is 63.6 Å². The molecule has 1 aromatic heterocycles. The van der Waals surface area contributed by atoms with E-state index in [1.165, 1.54) is 0 Å². The molecule has 0 aliphatic rings. The van der Waals surface area contributed by atoms with E-state index in [0.717, 1.165) is 5.69 Å². The Labute approximate surface area is 130 Å². The van der Waals surface area contributed by atoms with Crippen LogP contribution in [0.5, 0.6) is 11.5 Å². The summed E-state index contributed by atoms with van der Waals surface area (Å²) in [4.78, 5) is 4.30. The highest BCUT2D eigenvalue weighted by Crippen LogP contribution is 2.29. The summed E-state index contributed by atoms with van der Waals surface area (Å²) in [6, 6.07) is 11.2. The van der Waals surface area contributed by atoms with E-state index in [2.05, 4.69) is 10.3 Å². The molecule has 0 saturated heterocycles. The molecule has 0 fully saturated rings. The Kier molecular flexibility index (Phi) is 5.75. The summed E-state index contributed by atoms with van der Waals surface area (Å²) in [5, 5.41) is 13.7. The fourth-order valence-corrected chi connectivity index (χ4v) is 2.23. The minimum Gasteiger partial charge on any atom is -0.497 e. The average Bonchev–Trinajstić information content (AvgIpc) is 2.59. The fourth-order valence-electron chi connectivity index (χ4n) is 2.23. The van der Waals surface area contributed by atoms with E-state index in [1.54, 1.807) is 38.6 Å². The summed E-state index contributed by atoms with van der Waals surface area (Å²) in [6.07, 6.45) is 1.06. The minimum absolute atomic E-state index is 0.0486. The first kappa shape index (κ1) is 16.3. The van der Waals surface area contributed by atoms with E-state index >= 15 is 0 Å². The van der Waals surface area contributed by atoms with Gasteiger partial charge in [-0.25, -0.2) is 0 Å². The third-order valence-electron chi connectivity index (χ3n) is 3.54. The maximum Gasteiger partial charge on any atom is 0.124 e. The zero-order valence-corrected chi connectivity index (χ0v) is 13.1. The van der Waals surface area contributed by atoms with Gasteiger partial charge in [0.05, 0.1) is 26.0 Å². The second kappa shape index (κ2) is 7.77. The van der Waals surface area contributed by atoms with Gasteiger partial charge in [-0.1, -0.05) is 6.07 Å². The summed E-state index contributed by atoms with van der Waals surface area (Å²) >= 11 is 0. The second-order valence-corrected chi connectivity index (χ2v) is 5.01. The van der Waals surface area contributed by atoms with Gasteiger partial charge in [0.1, 0.15) is 11.5 Å². The van der Waals surface area contributed by atoms with Gasteiger partial charge in [-0.3, -0.25) is 4.98 Å². The summed E-state index contributed by atoms with van der Waals surface area (Å²) in [6.45, 7) is 2.40. The smallest absolute Gasteiger partial charge is 0.124 e. The first-order valence-corrected chi connectivity index (χ1v) is 7.20. The Bertz CT molecular complexity index is 590. The molecule has 118 valence electrons. The molecule has 0 radical (unpaired) electrons. The van der Waals surface area contributed by atoms with Gasteiger partial charge in [0.2, 0.25) is 0 Å². The van der Waals surface area contributed by atoms with Crippen LogP contribution in [0.4, 0.5) is 0 Å². The minimum atomic E-state index is -0.698. The number of nitrogens with one attached hydrogen (secondary N) is 1. The normalized spacial score (nSPS) is 13.5. The number of aliphatic hydroxyl groups is 1. The Morgan fingerprint density at radius 1 is 1.18 bits per heavy atom. The van der Waals surface area contributed by atoms with Crippen LogP contribution in [-0.4, -0.2) is 30.9 Å². The van der Waals surface area contributed by atoms with Crippen molar-refractivity contribution < 1.29 is 14.6 Å². The van der Waals surface area contributed by atoms with Crippen molar-refractivity contribution in [1.29, 1.82) is 0 Å². The monoisotopic (exact) mass is 302 g/mol. The van der Waals surface area contributed by atoms with Crippen molar-refractivity contribution in [3.05, 3.63) is 53.9 Å². The van der Waals surface area contributed by atoms with Crippen molar-refractivity contribution in [2.75, 3.05) is 20.8 Å². The van der Waals surface area contributed by atoms with Crippen molar-refractivity contribution in [2.24, 2.45) is 0 Å². The number of aliphatic hydroxyl groups excluding tert-OH is 1. The largest absolute Gasteiger partial charge is 0.497 e. The quantitative estimate of drug-likeness (QED) is 0.822. The maximum absolute atomic E-state index is 10.4. The average molecular weight is 302 g/mol. The number of hydrogen-bond acceptors (Lipinski definition) is 5. The molecule has 0 saturated carbocycles. The van der Waals surface area contributed by atoms with Gasteiger partial charge in [0.25, 0.3) is 0 Å². The van der Waals surface area contributed by atoms with Crippen LogP contribution < -0.4 is 14.8 Å². The predicted octanol–water partition coefficient (Wildman–Crippen LogP) is 2.48. The van der Waals surface area contributed by atoms with Gasteiger partial charge in [-0.15, -0.1) is 0 Å². The SMILES string of the molecule is COc1ccc(OC)c(C(O)CNC(C)c2ccccn2)c1. The molecule has 1 aromatic carbocycles. The number of ether oxygens (including phenoxy) is 2. The molecular weight excluding hydrogens is 280 g/mol. The lowest BCUT2D eigenvalue weighted by Crippen LogP contribution is -2.25. The van der Waals surface area contributed by atoms with E-state index in [9.17, 15) is 5.11 Å². The molecule has 0 aliphatic carbocycles. The Hall–Kier alpha value is -2.11. The van der Waals surface area contributed by atoms with E-state index in [-0.39, 0.29) is 6.04 Å². The van der Waals surface area contributed by atoms with Crippen LogP contribution in [0.15, 0.2) is 42.6 Å². The molecule has 0 spiro atoms. The van der Waals surface area contributed by atoms with Crippen LogP contribution in [0, 0.1) is 0 Å². The number of pyridine rings is 1. The van der Waals surface area contributed by atoms with Gasteiger partial charge < -0.3 is 19.9 Å². The second-order valence-electron chi connectivity index (χ2n) is 5.01. The van der Waals surface area contributed by atoms with Crippen molar-refractivity contribution >= 4 is 0 Å². The Balaban J connectivity index is 2.04. The lowest BCUT2D eigenvalue weighted by atomic mass is 10.1. The van der Waals surface area contributed by atoms with Crippen LogP contribution >= 0.6 is 0 Å². The van der Waals surface area contributed by atoms with Gasteiger partial charge in [-0.05, 0) is 37.3 Å². The zero-order chi connectivity index (χ0) is 15.9. The lowest BCUT2D eigenvalue weighted by molar-refractivity contribution is 0.166. The molecule has 22 heavy (non-hydrogen) atoms. The molecule has 0 bridgehead atoms. The molecule has 2 atom stereocenters. The molecule has 5 heteroatoms. The van der Waals surface area contributed by atoms with Gasteiger partial charge in [0, 0.05) is 24.3 Å². The van der Waals surface area contributed by atoms with Gasteiger partial charge >= 0.3 is 0 Å². The van der Waals surface area contributed by atoms with Crippen LogP contribution in [0.25, 0.3) is 0 Å². The number of nitrogens with zero attached hydrogens (tertiary/aromatic N) is 1. The summed E-state index contributed by atoms with van der Waals surface area (Å²) in [5.41, 5.74) is 1.63. The Morgan fingerprint density at radius 2 is 2.00 bits per heavy atom. The fraction of sp³-hybridized carbons (Fsp3) is 0.353. The third kappa shape index (κ3) is 3.96. The van der Waals surface area contributed by atoms with Crippen LogP contribution in [0.1, 0.15) is 30.3 Å².